The number of carbonyl (C=O) groups is 1. The molecule has 2 aliphatic heterocycles. The van der Waals surface area contributed by atoms with Crippen LogP contribution < -0.4 is 10.6 Å². The summed E-state index contributed by atoms with van der Waals surface area (Å²) in [6.45, 7) is 3.86. The number of nitrogens with one attached hydrogen (secondary N) is 2. The highest BCUT2D eigenvalue weighted by Crippen LogP contribution is 2.33. The van der Waals surface area contributed by atoms with Crippen molar-refractivity contribution in [2.24, 2.45) is 11.8 Å². The highest BCUT2D eigenvalue weighted by atomic mass is 35.5. The van der Waals surface area contributed by atoms with Gasteiger partial charge in [0.2, 0.25) is 5.91 Å². The van der Waals surface area contributed by atoms with Gasteiger partial charge < -0.3 is 10.6 Å². The molecule has 1 amide bonds. The number of halogens is 3. The van der Waals surface area contributed by atoms with Crippen LogP contribution in [0.25, 0.3) is 0 Å². The van der Waals surface area contributed by atoms with Gasteiger partial charge in [0.15, 0.2) is 0 Å². The molecule has 25 heavy (non-hydrogen) atoms. The van der Waals surface area contributed by atoms with E-state index in [2.05, 4.69) is 10.6 Å². The molecule has 2 bridgehead atoms. The first kappa shape index (κ1) is 20.1. The number of piperidine rings is 1. The van der Waals surface area contributed by atoms with Gasteiger partial charge in [-0.05, 0) is 43.6 Å². The first-order valence-electron chi connectivity index (χ1n) is 8.92. The molecule has 0 aromatic heterocycles. The van der Waals surface area contributed by atoms with E-state index in [1.165, 1.54) is 25.0 Å². The monoisotopic (exact) mass is 372 g/mol. The molecule has 1 aromatic carbocycles. The van der Waals surface area contributed by atoms with Crippen molar-refractivity contribution in [2.45, 2.75) is 64.1 Å². The molecule has 0 aliphatic carbocycles. The molecule has 2 saturated heterocycles. The van der Waals surface area contributed by atoms with Crippen LogP contribution in [0.3, 0.4) is 0 Å². The number of rotatable bonds is 5. The third kappa shape index (κ3) is 4.91. The van der Waals surface area contributed by atoms with Crippen molar-refractivity contribution in [1.82, 2.24) is 10.6 Å². The summed E-state index contributed by atoms with van der Waals surface area (Å²) in [4.78, 5) is 12.5. The lowest BCUT2D eigenvalue weighted by Gasteiger charge is -2.30. The van der Waals surface area contributed by atoms with Gasteiger partial charge in [-0.1, -0.05) is 19.9 Å². The van der Waals surface area contributed by atoms with Crippen LogP contribution >= 0.6 is 12.4 Å². The molecule has 2 N–H and O–H groups in total. The summed E-state index contributed by atoms with van der Waals surface area (Å²) in [7, 11) is 0. The maximum absolute atomic E-state index is 14.1. The Kier molecular flexibility index (Phi) is 6.80. The van der Waals surface area contributed by atoms with Gasteiger partial charge in [-0.15, -0.1) is 12.4 Å². The number of hydrogen-bond donors (Lipinski definition) is 2. The summed E-state index contributed by atoms with van der Waals surface area (Å²) in [5.74, 6) is -0.819. The standard InChI is InChI=1S/C19H26F2N2O.ClH/c1-11(2)19(16-6-3-13(20)10-17(16)21)23-18(24)9-12-7-14-4-5-15(8-12)22-14;/h3,6,10-12,14-15,19,22H,4-5,7-9H2,1-2H3,(H,23,24);1H. The number of benzene rings is 1. The first-order valence-corrected chi connectivity index (χ1v) is 8.92. The minimum atomic E-state index is -0.603. The summed E-state index contributed by atoms with van der Waals surface area (Å²) in [5, 5.41) is 6.54. The smallest absolute Gasteiger partial charge is 0.220 e. The predicted molar refractivity (Wildman–Crippen MR) is 96.6 cm³/mol. The topological polar surface area (TPSA) is 41.1 Å². The molecule has 0 saturated carbocycles. The normalized spacial score (nSPS) is 26.2. The van der Waals surface area contributed by atoms with Crippen molar-refractivity contribution in [3.05, 3.63) is 35.4 Å². The lowest BCUT2D eigenvalue weighted by atomic mass is 9.89. The lowest BCUT2D eigenvalue weighted by Crippen LogP contribution is -2.40. The molecule has 3 rings (SSSR count). The SMILES string of the molecule is CC(C)C(NC(=O)CC1CC2CCC(C1)N2)c1ccc(F)cc1F.Cl. The van der Waals surface area contributed by atoms with E-state index in [9.17, 15) is 13.6 Å². The van der Waals surface area contributed by atoms with Crippen LogP contribution in [-0.4, -0.2) is 18.0 Å². The molecule has 2 heterocycles. The maximum Gasteiger partial charge on any atom is 0.220 e. The van der Waals surface area contributed by atoms with E-state index in [0.717, 1.165) is 18.9 Å². The van der Waals surface area contributed by atoms with Crippen LogP contribution in [0.4, 0.5) is 8.78 Å². The highest BCUT2D eigenvalue weighted by Gasteiger charge is 2.34. The minimum absolute atomic E-state index is 0. The first-order chi connectivity index (χ1) is 11.4. The molecule has 0 radical (unpaired) electrons. The Morgan fingerprint density at radius 3 is 2.44 bits per heavy atom. The van der Waals surface area contributed by atoms with Crippen LogP contribution in [-0.2, 0) is 4.79 Å². The zero-order valence-electron chi connectivity index (χ0n) is 14.7. The summed E-state index contributed by atoms with van der Waals surface area (Å²) in [6.07, 6.45) is 4.99. The minimum Gasteiger partial charge on any atom is -0.349 e. The van der Waals surface area contributed by atoms with Crippen molar-refractivity contribution in [3.63, 3.8) is 0 Å². The molecule has 3 nitrogen and oxygen atoms in total. The van der Waals surface area contributed by atoms with E-state index in [1.54, 1.807) is 0 Å². The zero-order chi connectivity index (χ0) is 17.3. The summed E-state index contributed by atoms with van der Waals surface area (Å²) >= 11 is 0. The average Bonchev–Trinajstić information content (AvgIpc) is 2.84. The summed E-state index contributed by atoms with van der Waals surface area (Å²) in [6, 6.07) is 4.22. The molecule has 6 heteroatoms. The number of fused-ring (bicyclic) bond motifs is 2. The third-order valence-electron chi connectivity index (χ3n) is 5.33. The largest absolute Gasteiger partial charge is 0.349 e. The van der Waals surface area contributed by atoms with Crippen LogP contribution in [0.15, 0.2) is 18.2 Å². The fourth-order valence-corrected chi connectivity index (χ4v) is 4.19. The van der Waals surface area contributed by atoms with Gasteiger partial charge >= 0.3 is 0 Å². The molecule has 3 unspecified atom stereocenters. The Hall–Kier alpha value is -1.20. The van der Waals surface area contributed by atoms with E-state index < -0.39 is 17.7 Å². The Balaban J connectivity index is 0.00000225. The van der Waals surface area contributed by atoms with Crippen LogP contribution in [0.1, 0.15) is 57.6 Å². The van der Waals surface area contributed by atoms with Gasteiger partial charge in [0, 0.05) is 30.1 Å². The zero-order valence-corrected chi connectivity index (χ0v) is 15.5. The molecule has 2 aliphatic rings. The molecular formula is C19H27ClF2N2O. The van der Waals surface area contributed by atoms with Gasteiger partial charge in [-0.3, -0.25) is 4.79 Å². The Morgan fingerprint density at radius 2 is 1.88 bits per heavy atom. The Morgan fingerprint density at radius 1 is 1.24 bits per heavy atom. The predicted octanol–water partition coefficient (Wildman–Crippen LogP) is 4.12. The third-order valence-corrected chi connectivity index (χ3v) is 5.33. The molecule has 0 spiro atoms. The van der Waals surface area contributed by atoms with Crippen LogP contribution in [0.2, 0.25) is 0 Å². The Labute approximate surface area is 154 Å². The van der Waals surface area contributed by atoms with Crippen molar-refractivity contribution < 1.29 is 13.6 Å². The van der Waals surface area contributed by atoms with Gasteiger partial charge in [0.25, 0.3) is 0 Å². The van der Waals surface area contributed by atoms with Gasteiger partial charge in [-0.2, -0.15) is 0 Å². The molecule has 2 fully saturated rings. The molecule has 3 atom stereocenters. The number of carbonyl (C=O) groups excluding carboxylic acids is 1. The second-order valence-corrected chi connectivity index (χ2v) is 7.63. The second kappa shape index (κ2) is 8.45. The van der Waals surface area contributed by atoms with E-state index in [1.807, 2.05) is 13.8 Å². The van der Waals surface area contributed by atoms with Crippen molar-refractivity contribution in [3.8, 4) is 0 Å². The second-order valence-electron chi connectivity index (χ2n) is 7.63. The maximum atomic E-state index is 14.1. The molecule has 140 valence electrons. The fraction of sp³-hybridized carbons (Fsp3) is 0.632. The van der Waals surface area contributed by atoms with E-state index >= 15 is 0 Å². The van der Waals surface area contributed by atoms with Crippen molar-refractivity contribution >= 4 is 18.3 Å². The van der Waals surface area contributed by atoms with E-state index in [-0.39, 0.29) is 24.2 Å². The molecule has 1 aromatic rings. The van der Waals surface area contributed by atoms with Gasteiger partial charge in [0.05, 0.1) is 6.04 Å². The van der Waals surface area contributed by atoms with Gasteiger partial charge in [-0.25, -0.2) is 8.78 Å². The molecular weight excluding hydrogens is 346 g/mol. The number of amides is 1. The fourth-order valence-electron chi connectivity index (χ4n) is 4.19. The van der Waals surface area contributed by atoms with Gasteiger partial charge in [0.1, 0.15) is 11.6 Å². The van der Waals surface area contributed by atoms with Crippen molar-refractivity contribution in [1.29, 1.82) is 0 Å². The summed E-state index contributed by atoms with van der Waals surface area (Å²) < 4.78 is 27.2. The Bertz CT molecular complexity index is 599. The lowest BCUT2D eigenvalue weighted by molar-refractivity contribution is -0.123. The summed E-state index contributed by atoms with van der Waals surface area (Å²) in [5.41, 5.74) is 0.352. The van der Waals surface area contributed by atoms with E-state index in [0.29, 0.717) is 30.0 Å². The number of hydrogen-bond acceptors (Lipinski definition) is 2. The average molecular weight is 373 g/mol. The van der Waals surface area contributed by atoms with Crippen LogP contribution in [0, 0.1) is 23.5 Å². The quantitative estimate of drug-likeness (QED) is 0.816. The van der Waals surface area contributed by atoms with E-state index in [4.69, 9.17) is 0 Å². The van der Waals surface area contributed by atoms with Crippen LogP contribution in [0.5, 0.6) is 0 Å². The van der Waals surface area contributed by atoms with Crippen molar-refractivity contribution in [2.75, 3.05) is 0 Å². The highest BCUT2D eigenvalue weighted by molar-refractivity contribution is 5.85.